The summed E-state index contributed by atoms with van der Waals surface area (Å²) in [6.07, 6.45) is 4.37. The molecular weight excluding hydrogens is 296 g/mol. The number of benzene rings is 1. The van der Waals surface area contributed by atoms with Crippen molar-refractivity contribution in [2.75, 3.05) is 0 Å². The number of halogens is 3. The van der Waals surface area contributed by atoms with Crippen molar-refractivity contribution in [2.45, 2.75) is 31.3 Å². The van der Waals surface area contributed by atoms with Crippen LogP contribution in [0.5, 0.6) is 0 Å². The van der Waals surface area contributed by atoms with Gasteiger partial charge in [0.2, 0.25) is 0 Å². The topological polar surface area (TPSA) is 29.9 Å². The van der Waals surface area contributed by atoms with Crippen LogP contribution in [0.2, 0.25) is 5.15 Å². The van der Waals surface area contributed by atoms with E-state index in [1.54, 1.807) is 17.9 Å². The van der Waals surface area contributed by atoms with E-state index >= 15 is 0 Å². The minimum absolute atomic E-state index is 0.434. The number of nitrogens with zero attached hydrogens (tertiary/aromatic N) is 2. The Hall–Kier alpha value is -1.46. The molecule has 1 aliphatic carbocycles. The van der Waals surface area contributed by atoms with Crippen LogP contribution < -0.4 is 5.32 Å². The summed E-state index contributed by atoms with van der Waals surface area (Å²) in [7, 11) is 1.77. The number of hydrogen-bond acceptors (Lipinski definition) is 2. The Morgan fingerprint density at radius 3 is 2.67 bits per heavy atom. The fourth-order valence-corrected chi connectivity index (χ4v) is 2.96. The van der Waals surface area contributed by atoms with Crippen LogP contribution in [0.1, 0.15) is 30.4 Å². The van der Waals surface area contributed by atoms with Crippen LogP contribution in [0.15, 0.2) is 24.4 Å². The van der Waals surface area contributed by atoms with Crippen molar-refractivity contribution < 1.29 is 8.78 Å². The number of hydrogen-bond donors (Lipinski definition) is 1. The van der Waals surface area contributed by atoms with Gasteiger partial charge in [-0.15, -0.1) is 0 Å². The van der Waals surface area contributed by atoms with E-state index in [1.165, 1.54) is 12.1 Å². The SMILES string of the molecule is Cn1ncc(CNC2(c3ccc(F)cc3F)CCC2)c1Cl. The van der Waals surface area contributed by atoms with Crippen molar-refractivity contribution >= 4 is 11.6 Å². The van der Waals surface area contributed by atoms with Gasteiger partial charge in [-0.25, -0.2) is 8.78 Å². The van der Waals surface area contributed by atoms with Gasteiger partial charge in [-0.1, -0.05) is 17.7 Å². The maximum atomic E-state index is 14.1. The molecular formula is C15H16ClF2N3. The Balaban J connectivity index is 1.82. The molecule has 3 nitrogen and oxygen atoms in total. The lowest BCUT2D eigenvalue weighted by Gasteiger charge is -2.43. The molecule has 0 saturated heterocycles. The Morgan fingerprint density at radius 2 is 2.14 bits per heavy atom. The number of aromatic nitrogens is 2. The molecule has 1 saturated carbocycles. The average Bonchev–Trinajstić information content (AvgIpc) is 2.71. The van der Waals surface area contributed by atoms with Gasteiger partial charge >= 0.3 is 0 Å². The highest BCUT2D eigenvalue weighted by Crippen LogP contribution is 2.42. The first-order valence-electron chi connectivity index (χ1n) is 6.89. The van der Waals surface area contributed by atoms with E-state index in [-0.39, 0.29) is 0 Å². The minimum atomic E-state index is -0.555. The summed E-state index contributed by atoms with van der Waals surface area (Å²) >= 11 is 6.13. The van der Waals surface area contributed by atoms with E-state index in [1.807, 2.05) is 0 Å². The van der Waals surface area contributed by atoms with E-state index in [4.69, 9.17) is 11.6 Å². The van der Waals surface area contributed by atoms with Gasteiger partial charge in [-0.3, -0.25) is 4.68 Å². The third-order valence-corrected chi connectivity index (χ3v) is 4.69. The first-order valence-corrected chi connectivity index (χ1v) is 7.26. The van der Waals surface area contributed by atoms with Crippen molar-refractivity contribution in [3.05, 3.63) is 52.3 Å². The van der Waals surface area contributed by atoms with Gasteiger partial charge in [0.25, 0.3) is 0 Å². The molecule has 0 spiro atoms. The van der Waals surface area contributed by atoms with Crippen molar-refractivity contribution in [3.8, 4) is 0 Å². The smallest absolute Gasteiger partial charge is 0.131 e. The van der Waals surface area contributed by atoms with Crippen LogP contribution in [-0.4, -0.2) is 9.78 Å². The van der Waals surface area contributed by atoms with Gasteiger partial charge in [0.05, 0.1) is 6.20 Å². The van der Waals surface area contributed by atoms with Crippen LogP contribution in [0.4, 0.5) is 8.78 Å². The van der Waals surface area contributed by atoms with Crippen LogP contribution in [0, 0.1) is 11.6 Å². The molecule has 0 amide bonds. The lowest BCUT2D eigenvalue weighted by Crippen LogP contribution is -2.48. The van der Waals surface area contributed by atoms with Crippen molar-refractivity contribution in [3.63, 3.8) is 0 Å². The summed E-state index contributed by atoms with van der Waals surface area (Å²) < 4.78 is 28.7. The van der Waals surface area contributed by atoms with E-state index in [2.05, 4.69) is 10.4 Å². The summed E-state index contributed by atoms with van der Waals surface area (Å²) in [4.78, 5) is 0. The minimum Gasteiger partial charge on any atom is -0.303 e. The van der Waals surface area contributed by atoms with Gasteiger partial charge in [-0.05, 0) is 25.3 Å². The largest absolute Gasteiger partial charge is 0.303 e. The number of rotatable bonds is 4. The molecule has 1 heterocycles. The monoisotopic (exact) mass is 311 g/mol. The molecule has 0 atom stereocenters. The summed E-state index contributed by atoms with van der Waals surface area (Å²) in [5.41, 5.74) is 0.958. The summed E-state index contributed by atoms with van der Waals surface area (Å²) in [5.74, 6) is -1.06. The van der Waals surface area contributed by atoms with Crippen molar-refractivity contribution in [1.82, 2.24) is 15.1 Å². The van der Waals surface area contributed by atoms with Crippen molar-refractivity contribution in [2.24, 2.45) is 7.05 Å². The van der Waals surface area contributed by atoms with Crippen LogP contribution in [0.25, 0.3) is 0 Å². The maximum Gasteiger partial charge on any atom is 0.131 e. The zero-order valence-corrected chi connectivity index (χ0v) is 12.4. The lowest BCUT2D eigenvalue weighted by molar-refractivity contribution is 0.177. The predicted molar refractivity (Wildman–Crippen MR) is 76.9 cm³/mol. The second-order valence-corrected chi connectivity index (χ2v) is 5.86. The van der Waals surface area contributed by atoms with Gasteiger partial charge in [0.15, 0.2) is 0 Å². The predicted octanol–water partition coefficient (Wildman–Crippen LogP) is 3.52. The standard InChI is InChI=1S/C15H16ClF2N3/c1-21-14(16)10(9-20-21)8-19-15(5-2-6-15)12-4-3-11(17)7-13(12)18/h3-4,7,9,19H,2,5-6,8H2,1H3. The van der Waals surface area contributed by atoms with E-state index < -0.39 is 17.2 Å². The fraction of sp³-hybridized carbons (Fsp3) is 0.400. The molecule has 6 heteroatoms. The van der Waals surface area contributed by atoms with Gasteiger partial charge in [0.1, 0.15) is 16.8 Å². The average molecular weight is 312 g/mol. The molecule has 0 bridgehead atoms. The van der Waals surface area contributed by atoms with Crippen molar-refractivity contribution in [1.29, 1.82) is 0 Å². The first kappa shape index (κ1) is 14.5. The third kappa shape index (κ3) is 2.56. The van der Waals surface area contributed by atoms with Gasteiger partial charge in [0, 0.05) is 36.3 Å². The molecule has 1 aromatic heterocycles. The molecule has 0 radical (unpaired) electrons. The zero-order valence-electron chi connectivity index (χ0n) is 11.7. The molecule has 2 aromatic rings. The molecule has 0 aliphatic heterocycles. The Bertz CT molecular complexity index is 665. The molecule has 0 unspecified atom stereocenters. The number of nitrogens with one attached hydrogen (secondary N) is 1. The molecule has 21 heavy (non-hydrogen) atoms. The van der Waals surface area contributed by atoms with Gasteiger partial charge in [-0.2, -0.15) is 5.10 Å². The Morgan fingerprint density at radius 1 is 1.38 bits per heavy atom. The second kappa shape index (κ2) is 5.39. The zero-order chi connectivity index (χ0) is 15.0. The molecule has 112 valence electrons. The van der Waals surface area contributed by atoms with Crippen LogP contribution >= 0.6 is 11.6 Å². The van der Waals surface area contributed by atoms with E-state index in [0.29, 0.717) is 17.3 Å². The lowest BCUT2D eigenvalue weighted by atomic mass is 9.71. The molecule has 1 aromatic carbocycles. The number of aryl methyl sites for hydroxylation is 1. The molecule has 1 aliphatic rings. The summed E-state index contributed by atoms with van der Waals surface area (Å²) in [5, 5.41) is 8.03. The van der Waals surface area contributed by atoms with E-state index in [0.717, 1.165) is 30.9 Å². The van der Waals surface area contributed by atoms with Crippen LogP contribution in [0.3, 0.4) is 0 Å². The normalized spacial score (nSPS) is 16.8. The molecule has 1 fully saturated rings. The second-order valence-electron chi connectivity index (χ2n) is 5.50. The quantitative estimate of drug-likeness (QED) is 0.936. The molecule has 1 N–H and O–H groups in total. The summed E-state index contributed by atoms with van der Waals surface area (Å²) in [6.45, 7) is 0.503. The fourth-order valence-electron chi connectivity index (χ4n) is 2.80. The van der Waals surface area contributed by atoms with Crippen LogP contribution in [-0.2, 0) is 19.1 Å². The highest BCUT2D eigenvalue weighted by molar-refractivity contribution is 6.30. The first-order chi connectivity index (χ1) is 10.0. The molecule has 3 rings (SSSR count). The maximum absolute atomic E-state index is 14.1. The Kier molecular flexibility index (Phi) is 3.71. The summed E-state index contributed by atoms with van der Waals surface area (Å²) in [6, 6.07) is 3.77. The van der Waals surface area contributed by atoms with E-state index in [9.17, 15) is 8.78 Å². The van der Waals surface area contributed by atoms with Gasteiger partial charge < -0.3 is 5.32 Å². The third-order valence-electron chi connectivity index (χ3n) is 4.21. The Labute approximate surface area is 126 Å². The highest BCUT2D eigenvalue weighted by atomic mass is 35.5. The highest BCUT2D eigenvalue weighted by Gasteiger charge is 2.40.